The molecule has 1 atom stereocenters. The lowest BCUT2D eigenvalue weighted by atomic mass is 10.2. The van der Waals surface area contributed by atoms with Crippen LogP contribution in [-0.4, -0.2) is 22.0 Å². The van der Waals surface area contributed by atoms with Crippen LogP contribution in [0.5, 0.6) is 5.75 Å². The van der Waals surface area contributed by atoms with E-state index in [4.69, 9.17) is 6.42 Å². The maximum Gasteiger partial charge on any atom is 0.273 e. The van der Waals surface area contributed by atoms with E-state index in [-0.39, 0.29) is 17.5 Å². The van der Waals surface area contributed by atoms with Gasteiger partial charge < -0.3 is 10.4 Å². The molecular weight excluding hydrogens is 192 g/mol. The van der Waals surface area contributed by atoms with Gasteiger partial charge in [-0.05, 0) is 19.1 Å². The molecule has 1 aromatic rings. The van der Waals surface area contributed by atoms with Crippen molar-refractivity contribution in [3.05, 3.63) is 24.0 Å². The van der Waals surface area contributed by atoms with Crippen molar-refractivity contribution in [3.63, 3.8) is 0 Å². The van der Waals surface area contributed by atoms with Crippen molar-refractivity contribution >= 4 is 5.91 Å². The standard InChI is InChI=1S/C11H12N2O2/c1-3-5-8(2)13-11(15)10-9(14)6-4-7-12-10/h1,4,6-8,14H,5H2,2H3,(H,13,15). The lowest BCUT2D eigenvalue weighted by Crippen LogP contribution is -2.32. The van der Waals surface area contributed by atoms with Crippen molar-refractivity contribution in [3.8, 4) is 18.1 Å². The van der Waals surface area contributed by atoms with Crippen molar-refractivity contribution < 1.29 is 9.90 Å². The minimum atomic E-state index is -0.421. The molecule has 0 aliphatic carbocycles. The monoisotopic (exact) mass is 204 g/mol. The smallest absolute Gasteiger partial charge is 0.273 e. The van der Waals surface area contributed by atoms with Gasteiger partial charge in [0.15, 0.2) is 5.69 Å². The van der Waals surface area contributed by atoms with Crippen molar-refractivity contribution in [2.45, 2.75) is 19.4 Å². The fraction of sp³-hybridized carbons (Fsp3) is 0.273. The summed E-state index contributed by atoms with van der Waals surface area (Å²) in [5, 5.41) is 12.0. The number of hydrogen-bond donors (Lipinski definition) is 2. The number of aromatic hydroxyl groups is 1. The number of nitrogens with zero attached hydrogens (tertiary/aromatic N) is 1. The summed E-state index contributed by atoms with van der Waals surface area (Å²) in [6.07, 6.45) is 7.00. The Morgan fingerprint density at radius 1 is 1.80 bits per heavy atom. The van der Waals surface area contributed by atoms with Gasteiger partial charge in [0.2, 0.25) is 0 Å². The molecule has 15 heavy (non-hydrogen) atoms. The van der Waals surface area contributed by atoms with Crippen LogP contribution in [0.4, 0.5) is 0 Å². The first-order valence-corrected chi connectivity index (χ1v) is 4.53. The quantitative estimate of drug-likeness (QED) is 0.720. The Hall–Kier alpha value is -2.02. The van der Waals surface area contributed by atoms with E-state index in [9.17, 15) is 9.90 Å². The average molecular weight is 204 g/mol. The molecule has 4 nitrogen and oxygen atoms in total. The molecule has 0 bridgehead atoms. The molecule has 0 aliphatic heterocycles. The zero-order chi connectivity index (χ0) is 11.3. The fourth-order valence-electron chi connectivity index (χ4n) is 1.09. The summed E-state index contributed by atoms with van der Waals surface area (Å²) in [6, 6.07) is 2.83. The number of aromatic nitrogens is 1. The molecule has 0 saturated heterocycles. The largest absolute Gasteiger partial charge is 0.505 e. The van der Waals surface area contributed by atoms with E-state index in [0.29, 0.717) is 6.42 Å². The zero-order valence-electron chi connectivity index (χ0n) is 8.40. The number of terminal acetylenes is 1. The third-order valence-electron chi connectivity index (χ3n) is 1.80. The van der Waals surface area contributed by atoms with Crippen LogP contribution in [0, 0.1) is 12.3 Å². The van der Waals surface area contributed by atoms with E-state index in [1.807, 2.05) is 0 Å². The Kier molecular flexibility index (Phi) is 3.69. The summed E-state index contributed by atoms with van der Waals surface area (Å²) >= 11 is 0. The van der Waals surface area contributed by atoms with Crippen LogP contribution in [0.3, 0.4) is 0 Å². The highest BCUT2D eigenvalue weighted by molar-refractivity contribution is 5.94. The first-order valence-electron chi connectivity index (χ1n) is 4.53. The molecule has 0 radical (unpaired) electrons. The molecular formula is C11H12N2O2. The van der Waals surface area contributed by atoms with Crippen LogP contribution in [0.25, 0.3) is 0 Å². The van der Waals surface area contributed by atoms with Gasteiger partial charge in [-0.1, -0.05) is 0 Å². The molecule has 1 aromatic heterocycles. The van der Waals surface area contributed by atoms with E-state index in [0.717, 1.165) is 0 Å². The van der Waals surface area contributed by atoms with Gasteiger partial charge in [0.25, 0.3) is 5.91 Å². The lowest BCUT2D eigenvalue weighted by molar-refractivity contribution is 0.0933. The van der Waals surface area contributed by atoms with E-state index < -0.39 is 5.91 Å². The van der Waals surface area contributed by atoms with E-state index in [1.54, 1.807) is 13.0 Å². The first-order chi connectivity index (χ1) is 7.15. The van der Waals surface area contributed by atoms with Crippen molar-refractivity contribution in [2.75, 3.05) is 0 Å². The molecule has 4 heteroatoms. The molecule has 1 rings (SSSR count). The topological polar surface area (TPSA) is 62.2 Å². The number of nitrogens with one attached hydrogen (secondary N) is 1. The number of carbonyl (C=O) groups excluding carboxylic acids is 1. The Morgan fingerprint density at radius 2 is 2.53 bits per heavy atom. The average Bonchev–Trinajstić information content (AvgIpc) is 2.18. The molecule has 78 valence electrons. The number of amides is 1. The molecule has 2 N–H and O–H groups in total. The highest BCUT2D eigenvalue weighted by Crippen LogP contribution is 2.12. The van der Waals surface area contributed by atoms with Crippen molar-refractivity contribution in [1.29, 1.82) is 0 Å². The number of hydrogen-bond acceptors (Lipinski definition) is 3. The predicted molar refractivity (Wildman–Crippen MR) is 56.3 cm³/mol. The van der Waals surface area contributed by atoms with Crippen LogP contribution in [0.2, 0.25) is 0 Å². The second-order valence-corrected chi connectivity index (χ2v) is 3.15. The van der Waals surface area contributed by atoms with Gasteiger partial charge in [-0.2, -0.15) is 0 Å². The normalized spacial score (nSPS) is 11.5. The maximum atomic E-state index is 11.5. The molecule has 0 aliphatic rings. The number of carbonyl (C=O) groups is 1. The van der Waals surface area contributed by atoms with Gasteiger partial charge in [0.1, 0.15) is 5.75 Å². The Bertz CT molecular complexity index is 396. The molecule has 0 spiro atoms. The van der Waals surface area contributed by atoms with Crippen molar-refractivity contribution in [2.24, 2.45) is 0 Å². The molecule has 0 saturated carbocycles. The summed E-state index contributed by atoms with van der Waals surface area (Å²) in [4.78, 5) is 15.3. The molecule has 0 fully saturated rings. The van der Waals surface area contributed by atoms with Gasteiger partial charge >= 0.3 is 0 Å². The van der Waals surface area contributed by atoms with Crippen LogP contribution in [0.1, 0.15) is 23.8 Å². The first kappa shape index (κ1) is 11.1. The van der Waals surface area contributed by atoms with Gasteiger partial charge in [0, 0.05) is 18.7 Å². The zero-order valence-corrected chi connectivity index (χ0v) is 8.40. The second-order valence-electron chi connectivity index (χ2n) is 3.15. The highest BCUT2D eigenvalue weighted by Gasteiger charge is 2.13. The second kappa shape index (κ2) is 5.01. The fourth-order valence-corrected chi connectivity index (χ4v) is 1.09. The minimum Gasteiger partial charge on any atom is -0.505 e. The molecule has 1 amide bonds. The van der Waals surface area contributed by atoms with Gasteiger partial charge in [-0.25, -0.2) is 4.98 Å². The van der Waals surface area contributed by atoms with Gasteiger partial charge in [-0.3, -0.25) is 4.79 Å². The third kappa shape index (κ3) is 2.99. The van der Waals surface area contributed by atoms with E-state index in [2.05, 4.69) is 16.2 Å². The summed E-state index contributed by atoms with van der Waals surface area (Å²) in [5.74, 6) is 1.88. The Morgan fingerprint density at radius 3 is 3.13 bits per heavy atom. The molecule has 1 heterocycles. The summed E-state index contributed by atoms with van der Waals surface area (Å²) < 4.78 is 0. The van der Waals surface area contributed by atoms with E-state index >= 15 is 0 Å². The predicted octanol–water partition coefficient (Wildman–Crippen LogP) is 0.929. The molecule has 1 unspecified atom stereocenters. The molecule has 0 aromatic carbocycles. The van der Waals surface area contributed by atoms with Crippen LogP contribution < -0.4 is 5.32 Å². The number of pyridine rings is 1. The van der Waals surface area contributed by atoms with E-state index in [1.165, 1.54) is 12.3 Å². The summed E-state index contributed by atoms with van der Waals surface area (Å²) in [7, 11) is 0. The number of rotatable bonds is 3. The summed E-state index contributed by atoms with van der Waals surface area (Å²) in [6.45, 7) is 1.79. The Balaban J connectivity index is 2.70. The third-order valence-corrected chi connectivity index (χ3v) is 1.80. The minimum absolute atomic E-state index is 0.0152. The van der Waals surface area contributed by atoms with Gasteiger partial charge in [0.05, 0.1) is 0 Å². The Labute approximate surface area is 88.3 Å². The lowest BCUT2D eigenvalue weighted by Gasteiger charge is -2.10. The summed E-state index contributed by atoms with van der Waals surface area (Å²) in [5.41, 5.74) is 0.0152. The highest BCUT2D eigenvalue weighted by atomic mass is 16.3. The van der Waals surface area contributed by atoms with Crippen molar-refractivity contribution in [1.82, 2.24) is 10.3 Å². The van der Waals surface area contributed by atoms with Gasteiger partial charge in [-0.15, -0.1) is 12.3 Å². The van der Waals surface area contributed by atoms with Crippen LogP contribution >= 0.6 is 0 Å². The van der Waals surface area contributed by atoms with Crippen LogP contribution in [-0.2, 0) is 0 Å². The SMILES string of the molecule is C#CCC(C)NC(=O)c1ncccc1O. The maximum absolute atomic E-state index is 11.5. The van der Waals surface area contributed by atoms with Crippen LogP contribution in [0.15, 0.2) is 18.3 Å².